The molecule has 1 aromatic heterocycles. The summed E-state index contributed by atoms with van der Waals surface area (Å²) in [6.45, 7) is 5.78. The largest absolute Gasteiger partial charge is 0.493 e. The summed E-state index contributed by atoms with van der Waals surface area (Å²) < 4.78 is 21.3. The fourth-order valence-electron chi connectivity index (χ4n) is 3.13. The van der Waals surface area contributed by atoms with Gasteiger partial charge in [0.1, 0.15) is 4.88 Å². The number of aromatic nitrogens is 1. The second-order valence-electron chi connectivity index (χ2n) is 7.26. The Morgan fingerprint density at radius 3 is 2.26 bits per heavy atom. The number of amides is 2. The molecule has 0 bridgehead atoms. The van der Waals surface area contributed by atoms with Gasteiger partial charge in [-0.3, -0.25) is 14.5 Å². The van der Waals surface area contributed by atoms with E-state index in [2.05, 4.69) is 11.9 Å². The van der Waals surface area contributed by atoms with Crippen molar-refractivity contribution in [3.8, 4) is 17.2 Å². The van der Waals surface area contributed by atoms with Crippen LogP contribution in [0.15, 0.2) is 12.1 Å². The lowest BCUT2D eigenvalue weighted by atomic mass is 10.1. The average Bonchev–Trinajstić information content (AvgIpc) is 3.20. The van der Waals surface area contributed by atoms with E-state index in [1.807, 2.05) is 0 Å². The summed E-state index contributed by atoms with van der Waals surface area (Å²) in [7, 11) is 2.82. The summed E-state index contributed by atoms with van der Waals surface area (Å²) in [6, 6.07) is 3.00. The first-order chi connectivity index (χ1) is 16.3. The lowest BCUT2D eigenvalue weighted by molar-refractivity contribution is -0.120. The lowest BCUT2D eigenvalue weighted by Crippen LogP contribution is -2.32. The zero-order valence-electron chi connectivity index (χ0n) is 20.1. The van der Waals surface area contributed by atoms with Crippen molar-refractivity contribution in [2.45, 2.75) is 40.0 Å². The molecule has 1 heterocycles. The SMILES string of the molecule is CCCCCN(C(=O)c1cc(OC)c(OCC(N)=O)c(OC)c1)c1nc(C)c(C(=O)OCC)s1. The second-order valence-corrected chi connectivity index (χ2v) is 8.24. The summed E-state index contributed by atoms with van der Waals surface area (Å²) in [5.74, 6) is -0.905. The molecular formula is C23H31N3O7S. The number of aryl methyl sites for hydroxylation is 1. The number of carbonyl (C=O) groups excluding carboxylic acids is 3. The molecule has 2 aromatic rings. The van der Waals surface area contributed by atoms with Crippen LogP contribution in [0.4, 0.5) is 5.13 Å². The molecule has 0 aliphatic heterocycles. The second kappa shape index (κ2) is 12.8. The highest BCUT2D eigenvalue weighted by molar-refractivity contribution is 7.17. The van der Waals surface area contributed by atoms with Gasteiger partial charge in [-0.1, -0.05) is 31.1 Å². The van der Waals surface area contributed by atoms with Gasteiger partial charge in [0.25, 0.3) is 11.8 Å². The Kier molecular flexibility index (Phi) is 10.1. The van der Waals surface area contributed by atoms with Gasteiger partial charge >= 0.3 is 5.97 Å². The Morgan fingerprint density at radius 1 is 1.09 bits per heavy atom. The first-order valence-electron chi connectivity index (χ1n) is 10.9. The van der Waals surface area contributed by atoms with Gasteiger partial charge in [0.05, 0.1) is 26.5 Å². The molecule has 0 fully saturated rings. The Balaban J connectivity index is 2.48. The molecular weight excluding hydrogens is 462 g/mol. The number of anilines is 1. The third kappa shape index (κ3) is 6.60. The summed E-state index contributed by atoms with van der Waals surface area (Å²) >= 11 is 1.11. The number of benzene rings is 1. The average molecular weight is 494 g/mol. The van der Waals surface area contributed by atoms with E-state index in [9.17, 15) is 14.4 Å². The number of nitrogens with two attached hydrogens (primary N) is 1. The predicted molar refractivity (Wildman–Crippen MR) is 128 cm³/mol. The highest BCUT2D eigenvalue weighted by Gasteiger charge is 2.27. The van der Waals surface area contributed by atoms with Crippen molar-refractivity contribution in [1.82, 2.24) is 4.98 Å². The third-order valence-corrected chi connectivity index (χ3v) is 5.93. The van der Waals surface area contributed by atoms with Crippen molar-refractivity contribution in [3.63, 3.8) is 0 Å². The maximum atomic E-state index is 13.6. The number of rotatable bonds is 13. The number of unbranched alkanes of at least 4 members (excludes halogenated alkanes) is 2. The van der Waals surface area contributed by atoms with E-state index in [-0.39, 0.29) is 41.9 Å². The summed E-state index contributed by atoms with van der Waals surface area (Å²) in [5.41, 5.74) is 5.94. The molecule has 186 valence electrons. The molecule has 0 aliphatic carbocycles. The minimum atomic E-state index is -0.664. The van der Waals surface area contributed by atoms with Gasteiger partial charge in [-0.05, 0) is 32.4 Å². The van der Waals surface area contributed by atoms with E-state index in [0.717, 1.165) is 30.6 Å². The molecule has 0 atom stereocenters. The molecule has 2 amide bonds. The molecule has 0 spiro atoms. The van der Waals surface area contributed by atoms with Gasteiger partial charge in [0, 0.05) is 12.1 Å². The van der Waals surface area contributed by atoms with Crippen LogP contribution in [-0.4, -0.2) is 56.7 Å². The molecule has 2 rings (SSSR count). The van der Waals surface area contributed by atoms with Crippen LogP contribution in [0.2, 0.25) is 0 Å². The van der Waals surface area contributed by atoms with Crippen molar-refractivity contribution in [1.29, 1.82) is 0 Å². The summed E-state index contributed by atoms with van der Waals surface area (Å²) in [6.07, 6.45) is 2.65. The van der Waals surface area contributed by atoms with Crippen LogP contribution < -0.4 is 24.8 Å². The smallest absolute Gasteiger partial charge is 0.350 e. The van der Waals surface area contributed by atoms with E-state index in [1.165, 1.54) is 31.3 Å². The minimum Gasteiger partial charge on any atom is -0.493 e. The quantitative estimate of drug-likeness (QED) is 0.332. The van der Waals surface area contributed by atoms with Gasteiger partial charge in [-0.25, -0.2) is 9.78 Å². The number of thiazole rings is 1. The van der Waals surface area contributed by atoms with E-state index >= 15 is 0 Å². The van der Waals surface area contributed by atoms with Crippen LogP contribution in [0.3, 0.4) is 0 Å². The van der Waals surface area contributed by atoms with Crippen molar-refractivity contribution in [3.05, 3.63) is 28.3 Å². The highest BCUT2D eigenvalue weighted by atomic mass is 32.1. The van der Waals surface area contributed by atoms with Gasteiger partial charge in [-0.2, -0.15) is 0 Å². The number of nitrogens with zero attached hydrogens (tertiary/aromatic N) is 2. The molecule has 11 heteroatoms. The number of esters is 1. The molecule has 1 aromatic carbocycles. The summed E-state index contributed by atoms with van der Waals surface area (Å²) in [4.78, 5) is 43.4. The van der Waals surface area contributed by atoms with Gasteiger partial charge in [0.15, 0.2) is 23.2 Å². The molecule has 0 aliphatic rings. The summed E-state index contributed by atoms with van der Waals surface area (Å²) in [5, 5.41) is 0.397. The maximum absolute atomic E-state index is 13.6. The van der Waals surface area contributed by atoms with E-state index in [4.69, 9.17) is 24.7 Å². The molecule has 2 N–H and O–H groups in total. The number of methoxy groups -OCH3 is 2. The van der Waals surface area contributed by atoms with E-state index in [0.29, 0.717) is 22.2 Å². The fourth-order valence-corrected chi connectivity index (χ4v) is 4.12. The number of ether oxygens (including phenoxy) is 4. The molecule has 10 nitrogen and oxygen atoms in total. The van der Waals surface area contributed by atoms with Crippen molar-refractivity contribution < 1.29 is 33.3 Å². The van der Waals surface area contributed by atoms with Crippen LogP contribution in [0.5, 0.6) is 17.2 Å². The van der Waals surface area contributed by atoms with Crippen LogP contribution in [0, 0.1) is 6.92 Å². The van der Waals surface area contributed by atoms with Crippen molar-refractivity contribution >= 4 is 34.3 Å². The normalized spacial score (nSPS) is 10.5. The molecule has 34 heavy (non-hydrogen) atoms. The lowest BCUT2D eigenvalue weighted by Gasteiger charge is -2.21. The predicted octanol–water partition coefficient (Wildman–Crippen LogP) is 3.35. The number of carbonyl (C=O) groups is 3. The minimum absolute atomic E-state index is 0.160. The Labute approximate surface area is 202 Å². The third-order valence-electron chi connectivity index (χ3n) is 4.77. The highest BCUT2D eigenvalue weighted by Crippen LogP contribution is 2.39. The van der Waals surface area contributed by atoms with Crippen LogP contribution in [0.1, 0.15) is 58.8 Å². The monoisotopic (exact) mass is 493 g/mol. The van der Waals surface area contributed by atoms with Crippen LogP contribution >= 0.6 is 11.3 Å². The fraction of sp³-hybridized carbons (Fsp3) is 0.478. The molecule has 0 radical (unpaired) electrons. The Morgan fingerprint density at radius 2 is 1.74 bits per heavy atom. The topological polar surface area (TPSA) is 130 Å². The first kappa shape index (κ1) is 26.9. The standard InChI is InChI=1S/C23H31N3O7S/c1-6-8-9-10-26(23-25-14(3)20(34-23)22(29)32-7-2)21(28)15-11-16(30-4)19(17(12-15)31-5)33-13-18(24)27/h11-12H,6-10,13H2,1-5H3,(H2,24,27). The van der Waals surface area contributed by atoms with Gasteiger partial charge in [-0.15, -0.1) is 0 Å². The Bertz CT molecular complexity index is 997. The van der Waals surface area contributed by atoms with Gasteiger partial charge < -0.3 is 24.7 Å². The van der Waals surface area contributed by atoms with E-state index < -0.39 is 11.9 Å². The van der Waals surface area contributed by atoms with Gasteiger partial charge in [0.2, 0.25) is 5.75 Å². The van der Waals surface area contributed by atoms with E-state index in [1.54, 1.807) is 13.8 Å². The zero-order valence-corrected chi connectivity index (χ0v) is 21.0. The first-order valence-corrected chi connectivity index (χ1v) is 11.7. The van der Waals surface area contributed by atoms with Crippen LogP contribution in [-0.2, 0) is 9.53 Å². The maximum Gasteiger partial charge on any atom is 0.350 e. The zero-order chi connectivity index (χ0) is 25.3. The van der Waals surface area contributed by atoms with Crippen molar-refractivity contribution in [2.75, 3.05) is 38.9 Å². The number of primary amides is 1. The van der Waals surface area contributed by atoms with Crippen molar-refractivity contribution in [2.24, 2.45) is 5.73 Å². The molecule has 0 saturated carbocycles. The number of hydrogen-bond acceptors (Lipinski definition) is 9. The molecule has 0 saturated heterocycles. The number of hydrogen-bond donors (Lipinski definition) is 1. The molecule has 0 unspecified atom stereocenters. The van der Waals surface area contributed by atoms with Crippen LogP contribution in [0.25, 0.3) is 0 Å². The Hall–Kier alpha value is -3.34.